The van der Waals surface area contributed by atoms with Crippen LogP contribution in [0, 0.1) is 11.3 Å². The van der Waals surface area contributed by atoms with Gasteiger partial charge in [-0.25, -0.2) is 0 Å². The number of nitrogens with one attached hydrogen (secondary N) is 1. The molecule has 2 saturated heterocycles. The molecule has 0 aromatic heterocycles. The standard InChI is InChI=1S/C32H43N3O3.ClH/c1-38-28-13-11-26(12-14-28)24-35-22-18-32(31(35)37)16-20-34(21-17-32)19-15-29(27-9-3-2-4-10-27)33-30(36)23-25-7-5-6-8-25;/h2-4,9-14,25,29H,5-8,15-24H2,1H3,(H,33,36);1H. The summed E-state index contributed by atoms with van der Waals surface area (Å²) in [6, 6.07) is 18.5. The summed E-state index contributed by atoms with van der Waals surface area (Å²) < 4.78 is 5.26. The minimum atomic E-state index is -0.197. The first-order valence-electron chi connectivity index (χ1n) is 14.5. The topological polar surface area (TPSA) is 61.9 Å². The number of benzene rings is 2. The van der Waals surface area contributed by atoms with E-state index in [4.69, 9.17) is 4.74 Å². The van der Waals surface area contributed by atoms with E-state index < -0.39 is 0 Å². The Morgan fingerprint density at radius 2 is 1.67 bits per heavy atom. The van der Waals surface area contributed by atoms with E-state index in [1.165, 1.54) is 31.2 Å². The van der Waals surface area contributed by atoms with Crippen molar-refractivity contribution in [2.75, 3.05) is 33.3 Å². The van der Waals surface area contributed by atoms with Gasteiger partial charge in [0.15, 0.2) is 0 Å². The van der Waals surface area contributed by atoms with E-state index in [2.05, 4.69) is 46.6 Å². The van der Waals surface area contributed by atoms with Crippen LogP contribution >= 0.6 is 12.4 Å². The van der Waals surface area contributed by atoms with E-state index >= 15 is 0 Å². The second-order valence-electron chi connectivity index (χ2n) is 11.6. The third kappa shape index (κ3) is 7.34. The zero-order chi connectivity index (χ0) is 26.4. The van der Waals surface area contributed by atoms with Gasteiger partial charge in [0.25, 0.3) is 0 Å². The second-order valence-corrected chi connectivity index (χ2v) is 11.6. The first-order chi connectivity index (χ1) is 18.5. The number of methoxy groups -OCH3 is 1. The van der Waals surface area contributed by atoms with Gasteiger partial charge in [0, 0.05) is 26.1 Å². The summed E-state index contributed by atoms with van der Waals surface area (Å²) in [5.74, 6) is 1.91. The summed E-state index contributed by atoms with van der Waals surface area (Å²) in [4.78, 5) is 30.9. The summed E-state index contributed by atoms with van der Waals surface area (Å²) in [6.45, 7) is 4.34. The fourth-order valence-corrected chi connectivity index (χ4v) is 6.71. The molecule has 2 aromatic rings. The molecular formula is C32H44ClN3O3. The van der Waals surface area contributed by atoms with Gasteiger partial charge in [0.2, 0.25) is 11.8 Å². The van der Waals surface area contributed by atoms with Crippen LogP contribution in [0.1, 0.15) is 75.0 Å². The molecule has 6 nitrogen and oxygen atoms in total. The maximum Gasteiger partial charge on any atom is 0.229 e. The maximum absolute atomic E-state index is 13.5. The van der Waals surface area contributed by atoms with Crippen LogP contribution in [0.5, 0.6) is 5.75 Å². The number of ether oxygens (including phenoxy) is 1. The SMILES string of the molecule is COc1ccc(CN2CCC3(CCN(CCC(NC(=O)CC4CCCC4)c4ccccc4)CC3)C2=O)cc1.Cl. The second kappa shape index (κ2) is 13.7. The van der Waals surface area contributed by atoms with Crippen LogP contribution in [0.2, 0.25) is 0 Å². The van der Waals surface area contributed by atoms with E-state index in [1.807, 2.05) is 23.1 Å². The lowest BCUT2D eigenvalue weighted by Gasteiger charge is -2.38. The van der Waals surface area contributed by atoms with Gasteiger partial charge in [-0.15, -0.1) is 12.4 Å². The van der Waals surface area contributed by atoms with E-state index in [0.717, 1.165) is 63.2 Å². The van der Waals surface area contributed by atoms with Crippen LogP contribution in [-0.2, 0) is 16.1 Å². The van der Waals surface area contributed by atoms with E-state index in [-0.39, 0.29) is 29.8 Å². The molecule has 2 heterocycles. The summed E-state index contributed by atoms with van der Waals surface area (Å²) in [5.41, 5.74) is 2.13. The van der Waals surface area contributed by atoms with Crippen molar-refractivity contribution in [3.63, 3.8) is 0 Å². The molecular weight excluding hydrogens is 510 g/mol. The van der Waals surface area contributed by atoms with Gasteiger partial charge in [0.1, 0.15) is 5.75 Å². The molecule has 0 bridgehead atoms. The quantitative estimate of drug-likeness (QED) is 0.406. The summed E-state index contributed by atoms with van der Waals surface area (Å²) >= 11 is 0. The van der Waals surface area contributed by atoms with Crippen LogP contribution in [0.4, 0.5) is 0 Å². The smallest absolute Gasteiger partial charge is 0.229 e. The molecule has 2 amide bonds. The monoisotopic (exact) mass is 553 g/mol. The summed E-state index contributed by atoms with van der Waals surface area (Å²) in [5, 5.41) is 3.36. The number of hydrogen-bond donors (Lipinski definition) is 1. The molecule has 0 radical (unpaired) electrons. The molecule has 1 saturated carbocycles. The zero-order valence-electron chi connectivity index (χ0n) is 23.3. The molecule has 1 unspecified atom stereocenters. The maximum atomic E-state index is 13.5. The highest BCUT2D eigenvalue weighted by molar-refractivity contribution is 5.85. The van der Waals surface area contributed by atoms with Crippen molar-refractivity contribution < 1.29 is 14.3 Å². The molecule has 7 heteroatoms. The Morgan fingerprint density at radius 3 is 2.33 bits per heavy atom. The van der Waals surface area contributed by atoms with E-state index in [0.29, 0.717) is 24.8 Å². The highest BCUT2D eigenvalue weighted by Crippen LogP contribution is 2.42. The molecule has 212 valence electrons. The number of amides is 2. The van der Waals surface area contributed by atoms with E-state index in [9.17, 15) is 9.59 Å². The number of piperidine rings is 1. The van der Waals surface area contributed by atoms with Crippen molar-refractivity contribution in [2.24, 2.45) is 11.3 Å². The predicted molar refractivity (Wildman–Crippen MR) is 157 cm³/mol. The highest BCUT2D eigenvalue weighted by Gasteiger charge is 2.47. The third-order valence-corrected chi connectivity index (χ3v) is 9.17. The Bertz CT molecular complexity index is 1060. The average molecular weight is 554 g/mol. The van der Waals surface area contributed by atoms with Gasteiger partial charge < -0.3 is 19.9 Å². The summed E-state index contributed by atoms with van der Waals surface area (Å²) in [6.07, 6.45) is 9.26. The predicted octanol–water partition coefficient (Wildman–Crippen LogP) is 5.76. The molecule has 3 fully saturated rings. The lowest BCUT2D eigenvalue weighted by atomic mass is 9.77. The van der Waals surface area contributed by atoms with Gasteiger partial charge >= 0.3 is 0 Å². The first kappa shape index (κ1) is 29.4. The number of likely N-dealkylation sites (tertiary alicyclic amines) is 2. The van der Waals surface area contributed by atoms with Crippen molar-refractivity contribution in [2.45, 2.75) is 70.4 Å². The number of carbonyl (C=O) groups is 2. The third-order valence-electron chi connectivity index (χ3n) is 9.17. The van der Waals surface area contributed by atoms with Crippen molar-refractivity contribution >= 4 is 24.2 Å². The Kier molecular flexibility index (Phi) is 10.3. The van der Waals surface area contributed by atoms with Crippen molar-refractivity contribution in [3.8, 4) is 5.75 Å². The molecule has 2 aromatic carbocycles. The highest BCUT2D eigenvalue weighted by atomic mass is 35.5. The Labute approximate surface area is 239 Å². The molecule has 3 aliphatic rings. The minimum absolute atomic E-state index is 0. The number of halogens is 1. The van der Waals surface area contributed by atoms with Gasteiger partial charge in [-0.05, 0) is 80.8 Å². The Hall–Kier alpha value is -2.57. The molecule has 2 aliphatic heterocycles. The molecule has 1 N–H and O–H groups in total. The first-order valence-corrected chi connectivity index (χ1v) is 14.5. The van der Waals surface area contributed by atoms with Crippen LogP contribution in [-0.4, -0.2) is 54.9 Å². The zero-order valence-corrected chi connectivity index (χ0v) is 24.1. The lowest BCUT2D eigenvalue weighted by molar-refractivity contribution is -0.139. The van der Waals surface area contributed by atoms with Crippen LogP contribution in [0.15, 0.2) is 54.6 Å². The Morgan fingerprint density at radius 1 is 1.00 bits per heavy atom. The molecule has 39 heavy (non-hydrogen) atoms. The minimum Gasteiger partial charge on any atom is -0.497 e. The van der Waals surface area contributed by atoms with Crippen LogP contribution in [0.25, 0.3) is 0 Å². The van der Waals surface area contributed by atoms with Crippen molar-refractivity contribution in [1.82, 2.24) is 15.1 Å². The summed E-state index contributed by atoms with van der Waals surface area (Å²) in [7, 11) is 1.67. The molecule has 1 spiro atoms. The van der Waals surface area contributed by atoms with Gasteiger partial charge in [-0.2, -0.15) is 0 Å². The van der Waals surface area contributed by atoms with Crippen LogP contribution in [0.3, 0.4) is 0 Å². The van der Waals surface area contributed by atoms with Crippen LogP contribution < -0.4 is 10.1 Å². The van der Waals surface area contributed by atoms with Gasteiger partial charge in [-0.1, -0.05) is 55.3 Å². The van der Waals surface area contributed by atoms with Crippen molar-refractivity contribution in [1.29, 1.82) is 0 Å². The number of carbonyl (C=O) groups excluding carboxylic acids is 2. The van der Waals surface area contributed by atoms with Gasteiger partial charge in [-0.3, -0.25) is 9.59 Å². The number of rotatable bonds is 10. The van der Waals surface area contributed by atoms with Crippen molar-refractivity contribution in [3.05, 3.63) is 65.7 Å². The van der Waals surface area contributed by atoms with Gasteiger partial charge in [0.05, 0.1) is 18.6 Å². The lowest BCUT2D eigenvalue weighted by Crippen LogP contribution is -2.45. The number of hydrogen-bond acceptors (Lipinski definition) is 4. The van der Waals surface area contributed by atoms with E-state index in [1.54, 1.807) is 7.11 Å². The molecule has 1 atom stereocenters. The molecule has 5 rings (SSSR count). The largest absolute Gasteiger partial charge is 0.497 e. The fraction of sp³-hybridized carbons (Fsp3) is 0.562. The Balaban J connectivity index is 0.00000353. The average Bonchev–Trinajstić information content (AvgIpc) is 3.57. The molecule has 1 aliphatic carbocycles. The fourth-order valence-electron chi connectivity index (χ4n) is 6.71. The number of nitrogens with zero attached hydrogens (tertiary/aromatic N) is 2. The normalized spacial score (nSPS) is 20.1.